The Morgan fingerprint density at radius 1 is 1.41 bits per heavy atom. The van der Waals surface area contributed by atoms with Crippen LogP contribution in [0.15, 0.2) is 18.2 Å². The zero-order valence-electron chi connectivity index (χ0n) is 11.0. The van der Waals surface area contributed by atoms with Gasteiger partial charge < -0.3 is 15.4 Å². The molecule has 0 amide bonds. The number of nitrogens with two attached hydrogens (primary N) is 1. The number of ether oxygens (including phenoxy) is 1. The van der Waals surface area contributed by atoms with Crippen molar-refractivity contribution in [2.24, 2.45) is 5.73 Å². The first-order chi connectivity index (χ1) is 7.92. The second kappa shape index (κ2) is 5.61. The predicted molar refractivity (Wildman–Crippen MR) is 74.2 cm³/mol. The van der Waals surface area contributed by atoms with Gasteiger partial charge in [-0.2, -0.15) is 0 Å². The van der Waals surface area contributed by atoms with Gasteiger partial charge in [-0.25, -0.2) is 0 Å². The van der Waals surface area contributed by atoms with Crippen LogP contribution in [-0.4, -0.2) is 26.2 Å². The van der Waals surface area contributed by atoms with E-state index in [0.29, 0.717) is 11.6 Å². The lowest BCUT2D eigenvalue weighted by atomic mass is 9.98. The molecule has 1 rings (SSSR count). The summed E-state index contributed by atoms with van der Waals surface area (Å²) in [6.07, 6.45) is 0.909. The van der Waals surface area contributed by atoms with Crippen molar-refractivity contribution < 1.29 is 4.74 Å². The fourth-order valence-electron chi connectivity index (χ4n) is 1.73. The number of rotatable bonds is 5. The molecule has 0 aliphatic carbocycles. The van der Waals surface area contributed by atoms with E-state index in [1.807, 2.05) is 25.2 Å². The molecule has 0 bridgehead atoms. The molecule has 0 heterocycles. The highest BCUT2D eigenvalue weighted by atomic mass is 35.5. The Bertz CT molecular complexity index is 380. The van der Waals surface area contributed by atoms with E-state index in [2.05, 4.69) is 18.7 Å². The normalized spacial score (nSPS) is 11.4. The highest BCUT2D eigenvalue weighted by molar-refractivity contribution is 6.33. The molecular formula is C13H21ClN2O. The predicted octanol–water partition coefficient (Wildman–Crippen LogP) is 2.91. The monoisotopic (exact) mass is 256 g/mol. The number of halogens is 1. The van der Waals surface area contributed by atoms with Crippen LogP contribution in [0.2, 0.25) is 5.02 Å². The fraction of sp³-hybridized carbons (Fsp3) is 0.538. The molecule has 0 fully saturated rings. The zero-order valence-corrected chi connectivity index (χ0v) is 11.7. The summed E-state index contributed by atoms with van der Waals surface area (Å²) in [5.74, 6) is 0.767. The number of benzene rings is 1. The molecule has 2 N–H and O–H groups in total. The Morgan fingerprint density at radius 3 is 2.53 bits per heavy atom. The van der Waals surface area contributed by atoms with Gasteiger partial charge >= 0.3 is 0 Å². The summed E-state index contributed by atoms with van der Waals surface area (Å²) in [6, 6.07) is 5.71. The van der Waals surface area contributed by atoms with Crippen LogP contribution in [0.3, 0.4) is 0 Å². The molecule has 4 heteroatoms. The van der Waals surface area contributed by atoms with Crippen molar-refractivity contribution in [1.29, 1.82) is 0 Å². The largest absolute Gasteiger partial charge is 0.497 e. The average molecular weight is 257 g/mol. The van der Waals surface area contributed by atoms with Crippen LogP contribution in [0.1, 0.15) is 20.3 Å². The number of methoxy groups -OCH3 is 1. The molecule has 0 unspecified atom stereocenters. The van der Waals surface area contributed by atoms with E-state index in [1.54, 1.807) is 7.11 Å². The lowest BCUT2D eigenvalue weighted by Crippen LogP contribution is -2.42. The maximum atomic E-state index is 6.26. The van der Waals surface area contributed by atoms with Gasteiger partial charge in [0.15, 0.2) is 0 Å². The topological polar surface area (TPSA) is 38.5 Å². The van der Waals surface area contributed by atoms with Crippen LogP contribution in [0.5, 0.6) is 5.75 Å². The van der Waals surface area contributed by atoms with Crippen molar-refractivity contribution in [2.75, 3.05) is 25.6 Å². The summed E-state index contributed by atoms with van der Waals surface area (Å²) in [5.41, 5.74) is 6.61. The second-order valence-corrected chi connectivity index (χ2v) is 5.13. The molecule has 3 nitrogen and oxygen atoms in total. The van der Waals surface area contributed by atoms with Gasteiger partial charge in [0.05, 0.1) is 17.8 Å². The smallest absolute Gasteiger partial charge is 0.120 e. The first kappa shape index (κ1) is 14.1. The Morgan fingerprint density at radius 2 is 2.06 bits per heavy atom. The van der Waals surface area contributed by atoms with Crippen molar-refractivity contribution in [3.05, 3.63) is 23.2 Å². The molecule has 0 aromatic heterocycles. The van der Waals surface area contributed by atoms with Crippen LogP contribution < -0.4 is 15.4 Å². The van der Waals surface area contributed by atoms with Gasteiger partial charge in [-0.1, -0.05) is 11.6 Å². The van der Waals surface area contributed by atoms with Crippen LogP contribution in [-0.2, 0) is 0 Å². The minimum Gasteiger partial charge on any atom is -0.497 e. The Balaban J connectivity index is 3.00. The lowest BCUT2D eigenvalue weighted by molar-refractivity contribution is 0.414. The van der Waals surface area contributed by atoms with Crippen LogP contribution >= 0.6 is 11.6 Å². The van der Waals surface area contributed by atoms with Gasteiger partial charge in [0, 0.05) is 18.7 Å². The van der Waals surface area contributed by atoms with Crippen molar-refractivity contribution in [3.8, 4) is 5.75 Å². The molecule has 96 valence electrons. The SMILES string of the molecule is COc1ccc(N(C)C(C)(C)CCN)c(Cl)c1. The Hall–Kier alpha value is -0.930. The lowest BCUT2D eigenvalue weighted by Gasteiger charge is -2.38. The summed E-state index contributed by atoms with van der Waals surface area (Å²) in [7, 11) is 3.66. The quantitative estimate of drug-likeness (QED) is 0.880. The van der Waals surface area contributed by atoms with E-state index in [1.165, 1.54) is 0 Å². The van der Waals surface area contributed by atoms with E-state index >= 15 is 0 Å². The fourth-order valence-corrected chi connectivity index (χ4v) is 2.03. The Labute approximate surface area is 109 Å². The van der Waals surface area contributed by atoms with E-state index in [-0.39, 0.29) is 5.54 Å². The minimum atomic E-state index is -0.0209. The van der Waals surface area contributed by atoms with E-state index in [9.17, 15) is 0 Å². The maximum Gasteiger partial charge on any atom is 0.120 e. The standard InChI is InChI=1S/C13H21ClN2O/c1-13(2,7-8-15)16(3)12-6-5-10(17-4)9-11(12)14/h5-6,9H,7-8,15H2,1-4H3. The second-order valence-electron chi connectivity index (χ2n) is 4.73. The molecule has 0 spiro atoms. The highest BCUT2D eigenvalue weighted by Crippen LogP contribution is 2.33. The van der Waals surface area contributed by atoms with Gasteiger partial charge in [0.1, 0.15) is 5.75 Å². The Kier molecular flexibility index (Phi) is 4.66. The van der Waals surface area contributed by atoms with E-state index in [0.717, 1.165) is 17.9 Å². The summed E-state index contributed by atoms with van der Waals surface area (Å²) in [5, 5.41) is 0.692. The molecule has 0 atom stereocenters. The van der Waals surface area contributed by atoms with Gasteiger partial charge in [-0.3, -0.25) is 0 Å². The summed E-state index contributed by atoms with van der Waals surface area (Å²) in [4.78, 5) is 2.15. The molecule has 1 aromatic carbocycles. The number of anilines is 1. The molecule has 0 aliphatic rings. The highest BCUT2D eigenvalue weighted by Gasteiger charge is 2.24. The molecule has 0 radical (unpaired) electrons. The zero-order chi connectivity index (χ0) is 13.1. The van der Waals surface area contributed by atoms with Gasteiger partial charge in [0.2, 0.25) is 0 Å². The van der Waals surface area contributed by atoms with Gasteiger partial charge in [0.25, 0.3) is 0 Å². The molecule has 0 saturated heterocycles. The maximum absolute atomic E-state index is 6.26. The molecule has 17 heavy (non-hydrogen) atoms. The van der Waals surface area contributed by atoms with Gasteiger partial charge in [-0.05, 0) is 38.9 Å². The van der Waals surface area contributed by atoms with Crippen LogP contribution in [0.4, 0.5) is 5.69 Å². The third-order valence-corrected chi connectivity index (χ3v) is 3.48. The summed E-state index contributed by atoms with van der Waals surface area (Å²) in [6.45, 7) is 4.96. The first-order valence-electron chi connectivity index (χ1n) is 5.70. The molecular weight excluding hydrogens is 236 g/mol. The van der Waals surface area contributed by atoms with E-state index < -0.39 is 0 Å². The minimum absolute atomic E-state index is 0.0209. The third-order valence-electron chi connectivity index (χ3n) is 3.18. The molecule has 0 saturated carbocycles. The molecule has 0 aliphatic heterocycles. The van der Waals surface area contributed by atoms with Gasteiger partial charge in [-0.15, -0.1) is 0 Å². The summed E-state index contributed by atoms with van der Waals surface area (Å²) >= 11 is 6.26. The van der Waals surface area contributed by atoms with Crippen molar-refractivity contribution in [1.82, 2.24) is 0 Å². The number of hydrogen-bond acceptors (Lipinski definition) is 3. The van der Waals surface area contributed by atoms with Crippen LogP contribution in [0.25, 0.3) is 0 Å². The molecule has 1 aromatic rings. The third kappa shape index (κ3) is 3.27. The number of nitrogens with zero attached hydrogens (tertiary/aromatic N) is 1. The summed E-state index contributed by atoms with van der Waals surface area (Å²) < 4.78 is 5.14. The van der Waals surface area contributed by atoms with Crippen molar-refractivity contribution in [3.63, 3.8) is 0 Å². The number of hydrogen-bond donors (Lipinski definition) is 1. The van der Waals surface area contributed by atoms with Crippen LogP contribution in [0, 0.1) is 0 Å². The van der Waals surface area contributed by atoms with Crippen molar-refractivity contribution >= 4 is 17.3 Å². The average Bonchev–Trinajstić information content (AvgIpc) is 2.28. The van der Waals surface area contributed by atoms with E-state index in [4.69, 9.17) is 22.1 Å². The first-order valence-corrected chi connectivity index (χ1v) is 6.07. The van der Waals surface area contributed by atoms with Crippen molar-refractivity contribution in [2.45, 2.75) is 25.8 Å².